The Labute approximate surface area is 105 Å². The Morgan fingerprint density at radius 3 is 2.69 bits per heavy atom. The number of nitrogens with one attached hydrogen (secondary N) is 1. The first kappa shape index (κ1) is 12.1. The second-order valence-corrected chi connectivity index (χ2v) is 5.59. The van der Waals surface area contributed by atoms with E-state index in [1.807, 2.05) is 0 Å². The molecule has 1 saturated carbocycles. The summed E-state index contributed by atoms with van der Waals surface area (Å²) in [5.41, 5.74) is 2.51. The molecule has 0 radical (unpaired) electrons. The van der Waals surface area contributed by atoms with E-state index in [1.165, 1.54) is 17.5 Å². The van der Waals surface area contributed by atoms with Crippen molar-refractivity contribution in [3.63, 3.8) is 0 Å². The molecular formula is C13H18BrNO. The summed E-state index contributed by atoms with van der Waals surface area (Å²) in [7, 11) is 0. The molecule has 0 heterocycles. The van der Waals surface area contributed by atoms with E-state index in [1.54, 1.807) is 0 Å². The van der Waals surface area contributed by atoms with Crippen LogP contribution in [0.2, 0.25) is 0 Å². The molecule has 0 atom stereocenters. The zero-order chi connectivity index (χ0) is 11.6. The molecule has 3 heteroatoms. The van der Waals surface area contributed by atoms with E-state index in [9.17, 15) is 5.11 Å². The minimum atomic E-state index is -0.00960. The number of aliphatic hydroxyl groups excluding tert-OH is 1. The molecule has 2 nitrogen and oxygen atoms in total. The number of hydrogen-bond donors (Lipinski definition) is 2. The normalized spacial score (nSPS) is 18.2. The van der Waals surface area contributed by atoms with Gasteiger partial charge in [-0.05, 0) is 43.4 Å². The Morgan fingerprint density at radius 2 is 2.19 bits per heavy atom. The summed E-state index contributed by atoms with van der Waals surface area (Å²) in [5, 5.41) is 12.8. The Hall–Kier alpha value is -0.380. The SMILES string of the molecule is Cc1ccc(CNC2(CO)CCC2)c(Br)c1. The average molecular weight is 284 g/mol. The maximum atomic E-state index is 9.35. The molecule has 2 rings (SSSR count). The van der Waals surface area contributed by atoms with Gasteiger partial charge in [0.25, 0.3) is 0 Å². The fourth-order valence-corrected chi connectivity index (χ4v) is 2.71. The second kappa shape index (κ2) is 4.86. The van der Waals surface area contributed by atoms with Gasteiger partial charge < -0.3 is 10.4 Å². The Kier molecular flexibility index (Phi) is 3.67. The first-order valence-electron chi connectivity index (χ1n) is 5.76. The molecule has 0 aliphatic heterocycles. The van der Waals surface area contributed by atoms with Gasteiger partial charge in [0.05, 0.1) is 6.61 Å². The highest BCUT2D eigenvalue weighted by Gasteiger charge is 2.35. The highest BCUT2D eigenvalue weighted by Crippen LogP contribution is 2.32. The van der Waals surface area contributed by atoms with Crippen molar-refractivity contribution in [1.82, 2.24) is 5.32 Å². The number of aryl methyl sites for hydroxylation is 1. The largest absolute Gasteiger partial charge is 0.394 e. The number of hydrogen-bond acceptors (Lipinski definition) is 2. The van der Waals surface area contributed by atoms with Crippen LogP contribution in [-0.2, 0) is 6.54 Å². The van der Waals surface area contributed by atoms with Crippen molar-refractivity contribution in [2.45, 2.75) is 38.3 Å². The highest BCUT2D eigenvalue weighted by atomic mass is 79.9. The van der Waals surface area contributed by atoms with Crippen molar-refractivity contribution in [2.24, 2.45) is 0 Å². The Morgan fingerprint density at radius 1 is 1.44 bits per heavy atom. The van der Waals surface area contributed by atoms with Crippen molar-refractivity contribution in [2.75, 3.05) is 6.61 Å². The summed E-state index contributed by atoms with van der Waals surface area (Å²) in [6.07, 6.45) is 3.41. The van der Waals surface area contributed by atoms with Gasteiger partial charge in [0.1, 0.15) is 0 Å². The van der Waals surface area contributed by atoms with Gasteiger partial charge >= 0.3 is 0 Å². The number of rotatable bonds is 4. The second-order valence-electron chi connectivity index (χ2n) is 4.74. The number of aliphatic hydroxyl groups is 1. The molecule has 1 aromatic rings. The van der Waals surface area contributed by atoms with Crippen molar-refractivity contribution in [3.8, 4) is 0 Å². The van der Waals surface area contributed by atoms with Gasteiger partial charge in [-0.25, -0.2) is 0 Å². The van der Waals surface area contributed by atoms with E-state index in [0.717, 1.165) is 23.9 Å². The lowest BCUT2D eigenvalue weighted by Gasteiger charge is -2.41. The summed E-state index contributed by atoms with van der Waals surface area (Å²) < 4.78 is 1.15. The van der Waals surface area contributed by atoms with Gasteiger partial charge in [0, 0.05) is 16.6 Å². The van der Waals surface area contributed by atoms with E-state index in [-0.39, 0.29) is 12.1 Å². The standard InChI is InChI=1S/C13H18BrNO/c1-10-3-4-11(12(14)7-10)8-15-13(9-16)5-2-6-13/h3-4,7,15-16H,2,5-6,8-9H2,1H3. The molecular weight excluding hydrogens is 266 g/mol. The molecule has 2 N–H and O–H groups in total. The van der Waals surface area contributed by atoms with E-state index < -0.39 is 0 Å². The molecule has 0 unspecified atom stereocenters. The van der Waals surface area contributed by atoms with Crippen LogP contribution in [0.25, 0.3) is 0 Å². The third-order valence-corrected chi connectivity index (χ3v) is 4.21. The van der Waals surface area contributed by atoms with Gasteiger partial charge in [-0.1, -0.05) is 28.1 Å². The molecule has 0 aromatic heterocycles. The predicted octanol–water partition coefficient (Wildman–Crippen LogP) is 2.76. The fourth-order valence-electron chi connectivity index (χ4n) is 2.07. The molecule has 1 aromatic carbocycles. The van der Waals surface area contributed by atoms with E-state index in [2.05, 4.69) is 46.4 Å². The van der Waals surface area contributed by atoms with E-state index in [4.69, 9.17) is 0 Å². The maximum Gasteiger partial charge on any atom is 0.0613 e. The van der Waals surface area contributed by atoms with Crippen LogP contribution < -0.4 is 5.32 Å². The number of benzene rings is 1. The lowest BCUT2D eigenvalue weighted by atomic mass is 9.77. The topological polar surface area (TPSA) is 32.3 Å². The minimum Gasteiger partial charge on any atom is -0.394 e. The summed E-state index contributed by atoms with van der Waals surface area (Å²) in [5.74, 6) is 0. The molecule has 1 aliphatic carbocycles. The molecule has 0 spiro atoms. The van der Waals surface area contributed by atoms with Crippen LogP contribution in [0.3, 0.4) is 0 Å². The molecule has 1 aliphatic rings. The van der Waals surface area contributed by atoms with Gasteiger partial charge in [-0.2, -0.15) is 0 Å². The molecule has 0 bridgehead atoms. The van der Waals surface area contributed by atoms with Crippen molar-refractivity contribution in [3.05, 3.63) is 33.8 Å². The van der Waals surface area contributed by atoms with Crippen LogP contribution in [0.1, 0.15) is 30.4 Å². The summed E-state index contributed by atoms with van der Waals surface area (Å²) >= 11 is 3.57. The van der Waals surface area contributed by atoms with Crippen molar-refractivity contribution >= 4 is 15.9 Å². The smallest absolute Gasteiger partial charge is 0.0613 e. The monoisotopic (exact) mass is 283 g/mol. The average Bonchev–Trinajstić information content (AvgIpc) is 2.19. The van der Waals surface area contributed by atoms with Crippen molar-refractivity contribution < 1.29 is 5.11 Å². The molecule has 0 saturated heterocycles. The van der Waals surface area contributed by atoms with Gasteiger partial charge in [-0.15, -0.1) is 0 Å². The first-order valence-corrected chi connectivity index (χ1v) is 6.55. The van der Waals surface area contributed by atoms with Crippen LogP contribution in [0, 0.1) is 6.92 Å². The van der Waals surface area contributed by atoms with E-state index >= 15 is 0 Å². The lowest BCUT2D eigenvalue weighted by molar-refractivity contribution is 0.0871. The van der Waals surface area contributed by atoms with Crippen LogP contribution >= 0.6 is 15.9 Å². The first-order chi connectivity index (χ1) is 7.65. The predicted molar refractivity (Wildman–Crippen MR) is 69.4 cm³/mol. The van der Waals surface area contributed by atoms with Crippen LogP contribution in [-0.4, -0.2) is 17.3 Å². The fraction of sp³-hybridized carbons (Fsp3) is 0.538. The Bertz CT molecular complexity index is 369. The maximum absolute atomic E-state index is 9.35. The minimum absolute atomic E-state index is 0.00960. The molecule has 16 heavy (non-hydrogen) atoms. The van der Waals surface area contributed by atoms with Gasteiger partial charge in [0.2, 0.25) is 0 Å². The van der Waals surface area contributed by atoms with Crippen molar-refractivity contribution in [1.29, 1.82) is 0 Å². The van der Waals surface area contributed by atoms with Gasteiger partial charge in [0.15, 0.2) is 0 Å². The third-order valence-electron chi connectivity index (χ3n) is 3.48. The number of halogens is 1. The lowest BCUT2D eigenvalue weighted by Crippen LogP contribution is -2.53. The van der Waals surface area contributed by atoms with Crippen LogP contribution in [0.4, 0.5) is 0 Å². The quantitative estimate of drug-likeness (QED) is 0.891. The molecule has 0 amide bonds. The zero-order valence-corrected chi connectivity index (χ0v) is 11.2. The van der Waals surface area contributed by atoms with Crippen LogP contribution in [0.5, 0.6) is 0 Å². The highest BCUT2D eigenvalue weighted by molar-refractivity contribution is 9.10. The Balaban J connectivity index is 1.99. The van der Waals surface area contributed by atoms with Crippen LogP contribution in [0.15, 0.2) is 22.7 Å². The van der Waals surface area contributed by atoms with E-state index in [0.29, 0.717) is 0 Å². The third kappa shape index (κ3) is 2.47. The molecule has 1 fully saturated rings. The zero-order valence-electron chi connectivity index (χ0n) is 9.59. The summed E-state index contributed by atoms with van der Waals surface area (Å²) in [4.78, 5) is 0. The summed E-state index contributed by atoms with van der Waals surface area (Å²) in [6, 6.07) is 6.38. The summed E-state index contributed by atoms with van der Waals surface area (Å²) in [6.45, 7) is 3.15. The van der Waals surface area contributed by atoms with Gasteiger partial charge in [-0.3, -0.25) is 0 Å². The molecule has 88 valence electrons.